The lowest BCUT2D eigenvalue weighted by molar-refractivity contribution is 0.269. The summed E-state index contributed by atoms with van der Waals surface area (Å²) in [5.41, 5.74) is 0.950. The van der Waals surface area contributed by atoms with E-state index in [0.29, 0.717) is 12.2 Å². The van der Waals surface area contributed by atoms with Gasteiger partial charge < -0.3 is 0 Å². The second-order valence-corrected chi connectivity index (χ2v) is 8.47. The zero-order chi connectivity index (χ0) is 17.7. The quantitative estimate of drug-likeness (QED) is 0.816. The highest BCUT2D eigenvalue weighted by molar-refractivity contribution is 7.89. The molecule has 0 saturated heterocycles. The Hall–Kier alpha value is -1.80. The van der Waals surface area contributed by atoms with Gasteiger partial charge in [0.15, 0.2) is 0 Å². The minimum Gasteiger partial charge on any atom is -0.212 e. The van der Waals surface area contributed by atoms with Crippen LogP contribution < -0.4 is 4.72 Å². The molecule has 0 bridgehead atoms. The van der Waals surface area contributed by atoms with Gasteiger partial charge in [-0.2, -0.15) is 4.80 Å². The molecule has 136 valence electrons. The molecule has 0 unspecified atom stereocenters. The summed E-state index contributed by atoms with van der Waals surface area (Å²) in [4.78, 5) is 1.68. The molecule has 3 rings (SSSR count). The molecule has 1 aromatic heterocycles. The maximum atomic E-state index is 12.0. The van der Waals surface area contributed by atoms with Crippen molar-refractivity contribution in [2.75, 3.05) is 5.75 Å². The van der Waals surface area contributed by atoms with Crippen molar-refractivity contribution in [2.45, 2.75) is 57.5 Å². The maximum absolute atomic E-state index is 12.0. The molecule has 0 amide bonds. The van der Waals surface area contributed by atoms with E-state index in [2.05, 4.69) is 20.1 Å². The molecule has 7 nitrogen and oxygen atoms in total. The lowest BCUT2D eigenvalue weighted by Crippen LogP contribution is -2.39. The van der Waals surface area contributed by atoms with E-state index < -0.39 is 10.0 Å². The first-order valence-electron chi connectivity index (χ1n) is 8.92. The number of hydrogen-bond donors (Lipinski definition) is 1. The summed E-state index contributed by atoms with van der Waals surface area (Å²) in [5.74, 6) is 0.845. The largest absolute Gasteiger partial charge is 0.212 e. The van der Waals surface area contributed by atoms with Gasteiger partial charge in [-0.25, -0.2) is 13.1 Å². The second-order valence-electron chi connectivity index (χ2n) is 6.60. The van der Waals surface area contributed by atoms with Crippen LogP contribution in [0.4, 0.5) is 0 Å². The van der Waals surface area contributed by atoms with E-state index in [-0.39, 0.29) is 17.8 Å². The molecule has 2 aromatic rings. The van der Waals surface area contributed by atoms with Crippen molar-refractivity contribution in [2.24, 2.45) is 0 Å². The fourth-order valence-corrected chi connectivity index (χ4v) is 4.68. The summed E-state index contributed by atoms with van der Waals surface area (Å²) in [7, 11) is -3.16. The van der Waals surface area contributed by atoms with E-state index >= 15 is 0 Å². The predicted molar refractivity (Wildman–Crippen MR) is 96.4 cm³/mol. The highest BCUT2D eigenvalue weighted by Gasteiger charge is 2.27. The normalized spacial score (nSPS) is 21.3. The summed E-state index contributed by atoms with van der Waals surface area (Å²) in [6.45, 7) is 2.00. The smallest absolute Gasteiger partial charge is 0.211 e. The summed E-state index contributed by atoms with van der Waals surface area (Å²) in [6.07, 6.45) is 4.90. The average molecular weight is 363 g/mol. The van der Waals surface area contributed by atoms with Gasteiger partial charge in [-0.3, -0.25) is 0 Å². The van der Waals surface area contributed by atoms with Gasteiger partial charge in [0.2, 0.25) is 15.8 Å². The van der Waals surface area contributed by atoms with Crippen molar-refractivity contribution in [1.29, 1.82) is 0 Å². The van der Waals surface area contributed by atoms with Crippen LogP contribution in [0.15, 0.2) is 30.3 Å². The highest BCUT2D eigenvalue weighted by atomic mass is 32.2. The number of rotatable bonds is 7. The molecule has 1 aliphatic carbocycles. The number of aromatic nitrogens is 4. The SMILES string of the molecule is CCCCS(=O)(=O)NC1CCC(n2nnc(-c3ccccc3)n2)CC1. The molecular weight excluding hydrogens is 338 g/mol. The fourth-order valence-electron chi connectivity index (χ4n) is 3.15. The van der Waals surface area contributed by atoms with Crippen molar-refractivity contribution in [3.63, 3.8) is 0 Å². The topological polar surface area (TPSA) is 89.8 Å². The molecule has 25 heavy (non-hydrogen) atoms. The van der Waals surface area contributed by atoms with Crippen LogP contribution in [0.1, 0.15) is 51.5 Å². The van der Waals surface area contributed by atoms with Gasteiger partial charge in [-0.05, 0) is 37.3 Å². The minimum atomic E-state index is -3.16. The summed E-state index contributed by atoms with van der Waals surface area (Å²) < 4.78 is 26.9. The van der Waals surface area contributed by atoms with E-state index in [4.69, 9.17) is 0 Å². The summed E-state index contributed by atoms with van der Waals surface area (Å²) in [5, 5.41) is 12.8. The zero-order valence-corrected chi connectivity index (χ0v) is 15.3. The van der Waals surface area contributed by atoms with Crippen LogP contribution in [-0.2, 0) is 10.0 Å². The number of nitrogens with one attached hydrogen (secondary N) is 1. The zero-order valence-electron chi connectivity index (χ0n) is 14.5. The first-order chi connectivity index (χ1) is 12.1. The molecule has 1 aromatic carbocycles. The minimum absolute atomic E-state index is 0.0234. The standard InChI is InChI=1S/C17H25N5O2S/c1-2-3-13-25(23,24)20-15-9-11-16(12-10-15)22-19-17(18-21-22)14-7-5-4-6-8-14/h4-8,15-16,20H,2-3,9-13H2,1H3. The van der Waals surface area contributed by atoms with Gasteiger partial charge >= 0.3 is 0 Å². The first kappa shape index (κ1) is 18.0. The third kappa shape index (κ3) is 4.85. The third-order valence-electron chi connectivity index (χ3n) is 4.60. The van der Waals surface area contributed by atoms with E-state index in [1.54, 1.807) is 4.80 Å². The molecule has 0 aliphatic heterocycles. The number of hydrogen-bond acceptors (Lipinski definition) is 5. The Kier molecular flexibility index (Phi) is 5.80. The Bertz CT molecular complexity index is 767. The summed E-state index contributed by atoms with van der Waals surface area (Å²) in [6, 6.07) is 9.98. The Morgan fingerprint density at radius 2 is 1.88 bits per heavy atom. The van der Waals surface area contributed by atoms with Crippen LogP contribution in [0.25, 0.3) is 11.4 Å². The van der Waals surface area contributed by atoms with Gasteiger partial charge in [0.1, 0.15) is 0 Å². The van der Waals surface area contributed by atoms with Gasteiger partial charge in [0, 0.05) is 11.6 Å². The average Bonchev–Trinajstić information content (AvgIpc) is 3.11. The molecule has 1 saturated carbocycles. The molecule has 1 heterocycles. The first-order valence-corrected chi connectivity index (χ1v) is 10.6. The predicted octanol–water partition coefficient (Wildman–Crippen LogP) is 2.54. The van der Waals surface area contributed by atoms with Crippen molar-refractivity contribution in [1.82, 2.24) is 24.9 Å². The Morgan fingerprint density at radius 3 is 2.56 bits per heavy atom. The number of unbranched alkanes of at least 4 members (excludes halogenated alkanes) is 1. The van der Waals surface area contributed by atoms with Crippen molar-refractivity contribution in [3.05, 3.63) is 30.3 Å². The molecule has 1 N–H and O–H groups in total. The van der Waals surface area contributed by atoms with Gasteiger partial charge in [-0.15, -0.1) is 10.2 Å². The van der Waals surface area contributed by atoms with E-state index in [9.17, 15) is 8.42 Å². The Labute approximate surface area is 148 Å². The molecule has 0 atom stereocenters. The van der Waals surface area contributed by atoms with Crippen LogP contribution in [0.3, 0.4) is 0 Å². The van der Waals surface area contributed by atoms with E-state index in [1.165, 1.54) is 0 Å². The lowest BCUT2D eigenvalue weighted by Gasteiger charge is -2.27. The summed E-state index contributed by atoms with van der Waals surface area (Å²) >= 11 is 0. The van der Waals surface area contributed by atoms with Crippen molar-refractivity contribution >= 4 is 10.0 Å². The number of sulfonamides is 1. The fraction of sp³-hybridized carbons (Fsp3) is 0.588. The Balaban J connectivity index is 1.55. The molecule has 8 heteroatoms. The lowest BCUT2D eigenvalue weighted by atomic mass is 9.92. The molecule has 1 aliphatic rings. The number of benzene rings is 1. The van der Waals surface area contributed by atoms with E-state index in [0.717, 1.165) is 37.7 Å². The van der Waals surface area contributed by atoms with Crippen LogP contribution in [0, 0.1) is 0 Å². The second kappa shape index (κ2) is 8.05. The van der Waals surface area contributed by atoms with Crippen LogP contribution in [0.5, 0.6) is 0 Å². The van der Waals surface area contributed by atoms with Crippen LogP contribution in [0.2, 0.25) is 0 Å². The molecule has 1 fully saturated rings. The highest BCUT2D eigenvalue weighted by Crippen LogP contribution is 2.28. The monoisotopic (exact) mass is 363 g/mol. The maximum Gasteiger partial charge on any atom is 0.211 e. The van der Waals surface area contributed by atoms with Crippen molar-refractivity contribution < 1.29 is 8.42 Å². The molecule has 0 radical (unpaired) electrons. The van der Waals surface area contributed by atoms with Crippen LogP contribution >= 0.6 is 0 Å². The van der Waals surface area contributed by atoms with Crippen LogP contribution in [-0.4, -0.2) is 40.4 Å². The Morgan fingerprint density at radius 1 is 1.16 bits per heavy atom. The molecular formula is C17H25N5O2S. The molecule has 0 spiro atoms. The van der Waals surface area contributed by atoms with E-state index in [1.807, 2.05) is 37.3 Å². The third-order valence-corrected chi connectivity index (χ3v) is 6.11. The van der Waals surface area contributed by atoms with Gasteiger partial charge in [0.25, 0.3) is 0 Å². The number of nitrogens with zero attached hydrogens (tertiary/aromatic N) is 4. The number of tetrazole rings is 1. The van der Waals surface area contributed by atoms with Gasteiger partial charge in [0.05, 0.1) is 11.8 Å². The van der Waals surface area contributed by atoms with Gasteiger partial charge in [-0.1, -0.05) is 43.7 Å². The van der Waals surface area contributed by atoms with Crippen molar-refractivity contribution in [3.8, 4) is 11.4 Å².